The summed E-state index contributed by atoms with van der Waals surface area (Å²) in [4.78, 5) is 11.2. The Kier molecular flexibility index (Phi) is 10.1. The van der Waals surface area contributed by atoms with E-state index in [1.807, 2.05) is 13.8 Å². The van der Waals surface area contributed by atoms with Crippen LogP contribution in [0.5, 0.6) is 0 Å². The number of ketones is 1. The lowest BCUT2D eigenvalue weighted by atomic mass is 10.00. The zero-order chi connectivity index (χ0) is 14.7. The molecular weight excluding hydrogens is 232 g/mol. The summed E-state index contributed by atoms with van der Waals surface area (Å²) < 4.78 is 0. The van der Waals surface area contributed by atoms with E-state index < -0.39 is 0 Å². The van der Waals surface area contributed by atoms with Gasteiger partial charge in [0.2, 0.25) is 0 Å². The van der Waals surface area contributed by atoms with Gasteiger partial charge in [-0.1, -0.05) is 44.6 Å². The Balaban J connectivity index is 3.99. The second kappa shape index (κ2) is 10.8. The van der Waals surface area contributed by atoms with Gasteiger partial charge in [-0.2, -0.15) is 0 Å². The Labute approximate surface area is 119 Å². The SMILES string of the molecule is CCC(=O)C=C(C)C=CCC(C)CCC=C(C)CC. The Bertz CT molecular complexity index is 345. The molecule has 0 N–H and O–H groups in total. The minimum Gasteiger partial charge on any atom is -0.295 e. The third-order valence-electron chi connectivity index (χ3n) is 3.37. The first-order valence-electron chi connectivity index (χ1n) is 7.52. The summed E-state index contributed by atoms with van der Waals surface area (Å²) in [5, 5.41) is 0. The fourth-order valence-corrected chi connectivity index (χ4v) is 1.77. The van der Waals surface area contributed by atoms with Crippen LogP contribution in [0.2, 0.25) is 0 Å². The van der Waals surface area contributed by atoms with E-state index in [1.165, 1.54) is 18.4 Å². The summed E-state index contributed by atoms with van der Waals surface area (Å²) in [6.45, 7) is 10.6. The van der Waals surface area contributed by atoms with Gasteiger partial charge in [-0.3, -0.25) is 4.79 Å². The van der Waals surface area contributed by atoms with Crippen molar-refractivity contribution >= 4 is 5.78 Å². The molecule has 1 heteroatoms. The highest BCUT2D eigenvalue weighted by Gasteiger charge is 1.98. The van der Waals surface area contributed by atoms with E-state index in [1.54, 1.807) is 6.08 Å². The molecule has 0 fully saturated rings. The molecule has 0 rings (SSSR count). The van der Waals surface area contributed by atoms with Gasteiger partial charge in [-0.25, -0.2) is 0 Å². The fraction of sp³-hybridized carbons (Fsp3) is 0.611. The Morgan fingerprint density at radius 2 is 1.84 bits per heavy atom. The van der Waals surface area contributed by atoms with Crippen molar-refractivity contribution in [2.75, 3.05) is 0 Å². The van der Waals surface area contributed by atoms with Crippen molar-refractivity contribution < 1.29 is 4.79 Å². The smallest absolute Gasteiger partial charge is 0.155 e. The van der Waals surface area contributed by atoms with E-state index in [0.717, 1.165) is 18.4 Å². The average molecular weight is 262 g/mol. The number of carbonyl (C=O) groups is 1. The summed E-state index contributed by atoms with van der Waals surface area (Å²) in [6, 6.07) is 0. The van der Waals surface area contributed by atoms with E-state index in [-0.39, 0.29) is 5.78 Å². The van der Waals surface area contributed by atoms with E-state index in [4.69, 9.17) is 0 Å². The molecule has 0 bridgehead atoms. The predicted molar refractivity (Wildman–Crippen MR) is 85.3 cm³/mol. The van der Waals surface area contributed by atoms with Gasteiger partial charge in [0.05, 0.1) is 0 Å². The Morgan fingerprint density at radius 3 is 2.42 bits per heavy atom. The van der Waals surface area contributed by atoms with Crippen LogP contribution >= 0.6 is 0 Å². The average Bonchev–Trinajstić information content (AvgIpc) is 2.38. The van der Waals surface area contributed by atoms with E-state index in [0.29, 0.717) is 12.3 Å². The largest absolute Gasteiger partial charge is 0.295 e. The van der Waals surface area contributed by atoms with Crippen molar-refractivity contribution in [2.45, 2.75) is 66.7 Å². The van der Waals surface area contributed by atoms with Gasteiger partial charge in [0.25, 0.3) is 0 Å². The van der Waals surface area contributed by atoms with Gasteiger partial charge in [0, 0.05) is 6.42 Å². The second-order valence-electron chi connectivity index (χ2n) is 5.43. The molecule has 0 aliphatic carbocycles. The summed E-state index contributed by atoms with van der Waals surface area (Å²) in [5.41, 5.74) is 2.54. The summed E-state index contributed by atoms with van der Waals surface area (Å²) in [7, 11) is 0. The molecule has 0 aromatic carbocycles. The summed E-state index contributed by atoms with van der Waals surface area (Å²) in [5.74, 6) is 0.905. The van der Waals surface area contributed by atoms with Crippen LogP contribution in [0, 0.1) is 5.92 Å². The van der Waals surface area contributed by atoms with Crippen molar-refractivity contribution in [1.29, 1.82) is 0 Å². The van der Waals surface area contributed by atoms with Gasteiger partial charge in [0.1, 0.15) is 0 Å². The number of rotatable bonds is 9. The molecule has 0 spiro atoms. The minimum absolute atomic E-state index is 0.204. The van der Waals surface area contributed by atoms with Gasteiger partial charge in [-0.15, -0.1) is 0 Å². The third-order valence-corrected chi connectivity index (χ3v) is 3.37. The molecule has 108 valence electrons. The second-order valence-corrected chi connectivity index (χ2v) is 5.43. The Morgan fingerprint density at radius 1 is 1.16 bits per heavy atom. The molecule has 0 amide bonds. The topological polar surface area (TPSA) is 17.1 Å². The first-order chi connectivity index (χ1) is 8.99. The lowest BCUT2D eigenvalue weighted by Crippen LogP contribution is -1.92. The molecule has 0 aliphatic rings. The molecule has 0 heterocycles. The van der Waals surface area contributed by atoms with Crippen molar-refractivity contribution in [3.05, 3.63) is 35.5 Å². The van der Waals surface area contributed by atoms with Crippen LogP contribution < -0.4 is 0 Å². The standard InChI is InChI=1S/C18H30O/c1-6-15(3)10-8-11-16(4)12-9-13-17(5)14-18(19)7-2/h9-10,13-14,16H,6-8,11-12H2,1-5H3. The molecule has 0 aliphatic heterocycles. The number of hydrogen-bond acceptors (Lipinski definition) is 1. The van der Waals surface area contributed by atoms with Gasteiger partial charge >= 0.3 is 0 Å². The van der Waals surface area contributed by atoms with Crippen LogP contribution in [0.4, 0.5) is 0 Å². The zero-order valence-electron chi connectivity index (χ0n) is 13.3. The molecule has 0 saturated heterocycles. The number of allylic oxidation sites excluding steroid dienone is 6. The maximum atomic E-state index is 11.2. The van der Waals surface area contributed by atoms with Crippen molar-refractivity contribution in [1.82, 2.24) is 0 Å². The monoisotopic (exact) mass is 262 g/mol. The molecule has 0 saturated carbocycles. The number of hydrogen-bond donors (Lipinski definition) is 0. The molecule has 1 atom stereocenters. The highest BCUT2D eigenvalue weighted by Crippen LogP contribution is 2.13. The lowest BCUT2D eigenvalue weighted by molar-refractivity contribution is -0.114. The molecule has 0 radical (unpaired) electrons. The maximum Gasteiger partial charge on any atom is 0.155 e. The van der Waals surface area contributed by atoms with Crippen LogP contribution in [-0.2, 0) is 4.79 Å². The van der Waals surface area contributed by atoms with Crippen LogP contribution in [0.15, 0.2) is 35.5 Å². The lowest BCUT2D eigenvalue weighted by Gasteiger charge is -2.06. The van der Waals surface area contributed by atoms with Gasteiger partial charge < -0.3 is 0 Å². The van der Waals surface area contributed by atoms with Gasteiger partial charge in [0.15, 0.2) is 5.78 Å². The first kappa shape index (κ1) is 17.9. The van der Waals surface area contributed by atoms with Crippen LogP contribution in [0.3, 0.4) is 0 Å². The molecular formula is C18H30O. The molecule has 0 aromatic heterocycles. The van der Waals surface area contributed by atoms with Crippen LogP contribution in [0.1, 0.15) is 66.7 Å². The zero-order valence-corrected chi connectivity index (χ0v) is 13.3. The molecule has 0 aromatic rings. The maximum absolute atomic E-state index is 11.2. The summed E-state index contributed by atoms with van der Waals surface area (Å²) in [6.07, 6.45) is 13.6. The van der Waals surface area contributed by atoms with E-state index in [9.17, 15) is 4.79 Å². The quantitative estimate of drug-likeness (QED) is 0.299. The van der Waals surface area contributed by atoms with Gasteiger partial charge in [-0.05, 0) is 57.1 Å². The van der Waals surface area contributed by atoms with Crippen molar-refractivity contribution in [3.63, 3.8) is 0 Å². The number of carbonyl (C=O) groups excluding carboxylic acids is 1. The summed E-state index contributed by atoms with van der Waals surface area (Å²) >= 11 is 0. The molecule has 1 nitrogen and oxygen atoms in total. The van der Waals surface area contributed by atoms with Crippen molar-refractivity contribution in [2.24, 2.45) is 5.92 Å². The fourth-order valence-electron chi connectivity index (χ4n) is 1.77. The Hall–Kier alpha value is -1.11. The normalized spacial score (nSPS) is 15.0. The highest BCUT2D eigenvalue weighted by molar-refractivity contribution is 5.90. The third kappa shape index (κ3) is 10.5. The first-order valence-corrected chi connectivity index (χ1v) is 7.52. The van der Waals surface area contributed by atoms with E-state index >= 15 is 0 Å². The molecule has 1 unspecified atom stereocenters. The highest BCUT2D eigenvalue weighted by atomic mass is 16.1. The van der Waals surface area contributed by atoms with Crippen LogP contribution in [0.25, 0.3) is 0 Å². The molecule has 19 heavy (non-hydrogen) atoms. The predicted octanol–water partition coefficient (Wildman–Crippen LogP) is 5.63. The van der Waals surface area contributed by atoms with Crippen molar-refractivity contribution in [3.8, 4) is 0 Å². The van der Waals surface area contributed by atoms with E-state index in [2.05, 4.69) is 39.0 Å². The van der Waals surface area contributed by atoms with Crippen LogP contribution in [-0.4, -0.2) is 5.78 Å². The minimum atomic E-state index is 0.204.